The Morgan fingerprint density at radius 3 is 2.42 bits per heavy atom. The predicted molar refractivity (Wildman–Crippen MR) is 62.6 cm³/mol. The lowest BCUT2D eigenvalue weighted by molar-refractivity contribution is 0.447. The van der Waals surface area contributed by atoms with Gasteiger partial charge < -0.3 is 5.32 Å². The molecule has 3 rings (SSSR count). The van der Waals surface area contributed by atoms with Crippen molar-refractivity contribution < 1.29 is 13.2 Å². The van der Waals surface area contributed by atoms with Crippen molar-refractivity contribution in [2.45, 2.75) is 20.0 Å². The summed E-state index contributed by atoms with van der Waals surface area (Å²) in [7, 11) is 0. The van der Waals surface area contributed by atoms with Gasteiger partial charge in [0.1, 0.15) is 0 Å². The van der Waals surface area contributed by atoms with Crippen LogP contribution in [0, 0.1) is 24.4 Å². The summed E-state index contributed by atoms with van der Waals surface area (Å²) in [4.78, 5) is 8.49. The minimum Gasteiger partial charge on any atom is -0.307 e. The van der Waals surface area contributed by atoms with E-state index >= 15 is 0 Å². The van der Waals surface area contributed by atoms with E-state index < -0.39 is 17.5 Å². The van der Waals surface area contributed by atoms with Gasteiger partial charge >= 0.3 is 0 Å². The number of hydrogen-bond acceptors (Lipinski definition) is 3. The smallest absolute Gasteiger partial charge is 0.194 e. The third kappa shape index (κ3) is 1.98. The molecular formula is C13H10F3N3. The Bertz CT molecular complexity index is 647. The highest BCUT2D eigenvalue weighted by molar-refractivity contribution is 5.56. The van der Waals surface area contributed by atoms with Gasteiger partial charge in [0.15, 0.2) is 23.3 Å². The molecule has 0 fully saturated rings. The van der Waals surface area contributed by atoms with Gasteiger partial charge in [-0.3, -0.25) is 0 Å². The van der Waals surface area contributed by atoms with E-state index in [1.165, 1.54) is 0 Å². The molecule has 0 unspecified atom stereocenters. The molecule has 0 atom stereocenters. The SMILES string of the molecule is Cc1nc(-c2cc(F)c(F)c(F)c2)nc2c1CNC2. The molecule has 1 N–H and O–H groups in total. The molecule has 1 aromatic heterocycles. The summed E-state index contributed by atoms with van der Waals surface area (Å²) < 4.78 is 39.4. The normalized spacial score (nSPS) is 13.7. The van der Waals surface area contributed by atoms with Gasteiger partial charge in [-0.05, 0) is 19.1 Å². The molecule has 0 spiro atoms. The molecule has 0 amide bonds. The Morgan fingerprint density at radius 2 is 1.74 bits per heavy atom. The number of aryl methyl sites for hydroxylation is 1. The van der Waals surface area contributed by atoms with Crippen LogP contribution in [0.5, 0.6) is 0 Å². The molecule has 1 aliphatic heterocycles. The van der Waals surface area contributed by atoms with Crippen molar-refractivity contribution in [1.82, 2.24) is 15.3 Å². The van der Waals surface area contributed by atoms with E-state index in [2.05, 4.69) is 15.3 Å². The lowest BCUT2D eigenvalue weighted by Crippen LogP contribution is -2.01. The third-order valence-electron chi connectivity index (χ3n) is 3.14. The summed E-state index contributed by atoms with van der Waals surface area (Å²) in [5, 5.41) is 3.13. The predicted octanol–water partition coefficient (Wildman–Crippen LogP) is 2.47. The van der Waals surface area contributed by atoms with Crippen LogP contribution in [0.4, 0.5) is 13.2 Å². The molecule has 0 aliphatic carbocycles. The van der Waals surface area contributed by atoms with Crippen LogP contribution in [0.3, 0.4) is 0 Å². The van der Waals surface area contributed by atoms with Gasteiger partial charge in [0.05, 0.1) is 5.69 Å². The van der Waals surface area contributed by atoms with E-state index in [0.717, 1.165) is 29.1 Å². The van der Waals surface area contributed by atoms with Crippen LogP contribution in [0.2, 0.25) is 0 Å². The third-order valence-corrected chi connectivity index (χ3v) is 3.14. The van der Waals surface area contributed by atoms with E-state index in [9.17, 15) is 13.2 Å². The monoisotopic (exact) mass is 265 g/mol. The van der Waals surface area contributed by atoms with E-state index in [1.807, 2.05) is 6.92 Å². The van der Waals surface area contributed by atoms with E-state index in [1.54, 1.807) is 0 Å². The highest BCUT2D eigenvalue weighted by Gasteiger charge is 2.19. The van der Waals surface area contributed by atoms with Gasteiger partial charge in [0.25, 0.3) is 0 Å². The molecule has 3 nitrogen and oxygen atoms in total. The largest absolute Gasteiger partial charge is 0.307 e. The number of nitrogens with one attached hydrogen (secondary N) is 1. The summed E-state index contributed by atoms with van der Waals surface area (Å²) in [5.41, 5.74) is 2.71. The molecule has 6 heteroatoms. The Hall–Kier alpha value is -1.95. The maximum Gasteiger partial charge on any atom is 0.194 e. The molecule has 0 saturated carbocycles. The second-order valence-corrected chi connectivity index (χ2v) is 4.42. The van der Waals surface area contributed by atoms with Gasteiger partial charge in [0, 0.05) is 29.9 Å². The summed E-state index contributed by atoms with van der Waals surface area (Å²) >= 11 is 0. The highest BCUT2D eigenvalue weighted by atomic mass is 19.2. The molecule has 2 heterocycles. The summed E-state index contributed by atoms with van der Waals surface area (Å²) in [5.74, 6) is -3.76. The molecule has 98 valence electrons. The number of aromatic nitrogens is 2. The zero-order valence-electron chi connectivity index (χ0n) is 10.1. The Balaban J connectivity index is 2.15. The molecule has 1 aromatic carbocycles. The lowest BCUT2D eigenvalue weighted by Gasteiger charge is -2.07. The van der Waals surface area contributed by atoms with Crippen LogP contribution < -0.4 is 5.32 Å². The average Bonchev–Trinajstić information content (AvgIpc) is 2.84. The van der Waals surface area contributed by atoms with Crippen molar-refractivity contribution in [2.24, 2.45) is 0 Å². The van der Waals surface area contributed by atoms with Crippen molar-refractivity contribution in [2.75, 3.05) is 0 Å². The van der Waals surface area contributed by atoms with E-state index in [-0.39, 0.29) is 11.4 Å². The van der Waals surface area contributed by atoms with Gasteiger partial charge in [-0.15, -0.1) is 0 Å². The van der Waals surface area contributed by atoms with Crippen LogP contribution in [0.1, 0.15) is 17.0 Å². The second kappa shape index (κ2) is 4.31. The molecule has 1 aliphatic rings. The fraction of sp³-hybridized carbons (Fsp3) is 0.231. The first-order valence-corrected chi connectivity index (χ1v) is 5.78. The Morgan fingerprint density at radius 1 is 1.05 bits per heavy atom. The van der Waals surface area contributed by atoms with Crippen LogP contribution in [-0.2, 0) is 13.1 Å². The zero-order chi connectivity index (χ0) is 13.6. The first-order valence-electron chi connectivity index (χ1n) is 5.78. The van der Waals surface area contributed by atoms with Crippen LogP contribution in [0.25, 0.3) is 11.4 Å². The molecule has 2 aromatic rings. The quantitative estimate of drug-likeness (QED) is 0.805. The molecule has 19 heavy (non-hydrogen) atoms. The van der Waals surface area contributed by atoms with Crippen molar-refractivity contribution in [3.05, 3.63) is 46.5 Å². The summed E-state index contributed by atoms with van der Waals surface area (Å²) in [6.07, 6.45) is 0. The lowest BCUT2D eigenvalue weighted by atomic mass is 10.1. The van der Waals surface area contributed by atoms with Crippen molar-refractivity contribution in [3.63, 3.8) is 0 Å². The van der Waals surface area contributed by atoms with Crippen LogP contribution in [0.15, 0.2) is 12.1 Å². The van der Waals surface area contributed by atoms with E-state index in [0.29, 0.717) is 13.1 Å². The first kappa shape index (κ1) is 12.1. The maximum absolute atomic E-state index is 13.2. The number of nitrogens with zero attached hydrogens (tertiary/aromatic N) is 2. The molecule has 0 saturated heterocycles. The zero-order valence-corrected chi connectivity index (χ0v) is 10.1. The highest BCUT2D eigenvalue weighted by Crippen LogP contribution is 2.24. The second-order valence-electron chi connectivity index (χ2n) is 4.42. The summed E-state index contributed by atoms with van der Waals surface area (Å²) in [6.45, 7) is 3.10. The Kier molecular flexibility index (Phi) is 2.74. The molecule has 0 radical (unpaired) electrons. The topological polar surface area (TPSA) is 37.8 Å². The number of rotatable bonds is 1. The van der Waals surface area contributed by atoms with Gasteiger partial charge in [-0.1, -0.05) is 0 Å². The Labute approximate surface area is 107 Å². The number of benzene rings is 1. The number of halogens is 3. The maximum atomic E-state index is 13.2. The van der Waals surface area contributed by atoms with Crippen LogP contribution >= 0.6 is 0 Å². The van der Waals surface area contributed by atoms with Crippen molar-refractivity contribution in [1.29, 1.82) is 0 Å². The van der Waals surface area contributed by atoms with E-state index in [4.69, 9.17) is 0 Å². The van der Waals surface area contributed by atoms with Crippen LogP contribution in [-0.4, -0.2) is 9.97 Å². The van der Waals surface area contributed by atoms with Gasteiger partial charge in [-0.25, -0.2) is 23.1 Å². The molecule has 0 bridgehead atoms. The standard InChI is InChI=1S/C13H10F3N3/c1-6-8-4-17-5-11(8)19-13(18-6)7-2-9(14)12(16)10(15)3-7/h2-3,17H,4-5H2,1H3. The van der Waals surface area contributed by atoms with Crippen molar-refractivity contribution in [3.8, 4) is 11.4 Å². The fourth-order valence-electron chi connectivity index (χ4n) is 2.15. The van der Waals surface area contributed by atoms with Gasteiger partial charge in [-0.2, -0.15) is 0 Å². The number of hydrogen-bond donors (Lipinski definition) is 1. The minimum atomic E-state index is -1.48. The minimum absolute atomic E-state index is 0.134. The number of fused-ring (bicyclic) bond motifs is 1. The van der Waals surface area contributed by atoms with Crippen molar-refractivity contribution >= 4 is 0 Å². The van der Waals surface area contributed by atoms with Gasteiger partial charge in [0.2, 0.25) is 0 Å². The summed E-state index contributed by atoms with van der Waals surface area (Å²) in [6, 6.07) is 1.81. The first-order chi connectivity index (χ1) is 9.06. The molecular weight excluding hydrogens is 255 g/mol. The average molecular weight is 265 g/mol. The fourth-order valence-corrected chi connectivity index (χ4v) is 2.15.